The van der Waals surface area contributed by atoms with Gasteiger partial charge < -0.3 is 9.64 Å². The number of hydrogen-bond acceptors (Lipinski definition) is 5. The van der Waals surface area contributed by atoms with Crippen molar-refractivity contribution in [3.63, 3.8) is 0 Å². The highest BCUT2D eigenvalue weighted by Crippen LogP contribution is 2.30. The van der Waals surface area contributed by atoms with Crippen molar-refractivity contribution in [2.75, 3.05) is 13.1 Å². The number of carbonyl (C=O) groups is 1. The first kappa shape index (κ1) is 21.4. The number of likely N-dealkylation sites (tertiary alicyclic amines) is 1. The Morgan fingerprint density at radius 1 is 0.909 bits per heavy atom. The maximum Gasteiger partial charge on any atom is 0.314 e. The molecule has 2 aliphatic heterocycles. The van der Waals surface area contributed by atoms with E-state index in [-0.39, 0.29) is 16.8 Å². The quantitative estimate of drug-likeness (QED) is 0.434. The molecule has 6 nitrogen and oxygen atoms in total. The number of amidine groups is 1. The molecule has 0 unspecified atom stereocenters. The van der Waals surface area contributed by atoms with Crippen LogP contribution in [0.4, 0.5) is 0 Å². The number of hydrogen-bond donors (Lipinski definition) is 0. The summed E-state index contributed by atoms with van der Waals surface area (Å²) >= 11 is 0. The van der Waals surface area contributed by atoms with E-state index in [0.29, 0.717) is 49.5 Å². The molecule has 3 aromatic carbocycles. The van der Waals surface area contributed by atoms with E-state index in [2.05, 4.69) is 16.5 Å². The first-order valence-corrected chi connectivity index (χ1v) is 12.5. The summed E-state index contributed by atoms with van der Waals surface area (Å²) in [6.07, 6.45) is 1.86. The first-order chi connectivity index (χ1) is 16.0. The summed E-state index contributed by atoms with van der Waals surface area (Å²) in [5, 5.41) is 0. The summed E-state index contributed by atoms with van der Waals surface area (Å²) < 4.78 is 34.5. The normalized spacial score (nSPS) is 17.3. The largest absolute Gasteiger partial charge is 0.426 e. The van der Waals surface area contributed by atoms with Crippen LogP contribution in [0, 0.1) is 5.92 Å². The van der Waals surface area contributed by atoms with Crippen LogP contribution in [0.1, 0.15) is 29.5 Å². The molecule has 1 saturated heterocycles. The maximum atomic E-state index is 12.9. The Balaban J connectivity index is 1.25. The van der Waals surface area contributed by atoms with Gasteiger partial charge in [-0.3, -0.25) is 4.79 Å². The van der Waals surface area contributed by atoms with Crippen molar-refractivity contribution in [3.05, 3.63) is 95.6 Å². The Morgan fingerprint density at radius 3 is 2.36 bits per heavy atom. The fraction of sp³-hybridized carbons (Fsp3) is 0.231. The number of rotatable bonds is 4. The van der Waals surface area contributed by atoms with Gasteiger partial charge in [0.05, 0.1) is 5.92 Å². The SMILES string of the molecule is O=C(Oc1ccccc1Cc1ccccc1)C1CCN(C2=NS(=O)(=O)c3ccccc32)CC1. The van der Waals surface area contributed by atoms with Crippen molar-refractivity contribution in [1.29, 1.82) is 0 Å². The Morgan fingerprint density at radius 2 is 1.58 bits per heavy atom. The van der Waals surface area contributed by atoms with Crippen LogP contribution in [0.3, 0.4) is 0 Å². The standard InChI is InChI=1S/C26H24N2O4S/c29-26(32-23-12-6-4-10-21(23)18-19-8-2-1-3-9-19)20-14-16-28(17-15-20)25-22-11-5-7-13-24(22)33(30,31)27-25/h1-13,20H,14-18H2. The van der Waals surface area contributed by atoms with Crippen LogP contribution >= 0.6 is 0 Å². The average Bonchev–Trinajstić information content (AvgIpc) is 3.12. The van der Waals surface area contributed by atoms with E-state index in [9.17, 15) is 13.2 Å². The fourth-order valence-corrected chi connectivity index (χ4v) is 5.63. The number of esters is 1. The predicted molar refractivity (Wildman–Crippen MR) is 126 cm³/mol. The zero-order chi connectivity index (χ0) is 22.8. The van der Waals surface area contributed by atoms with Gasteiger partial charge in [-0.2, -0.15) is 8.42 Å². The molecule has 2 heterocycles. The molecule has 0 aliphatic carbocycles. The van der Waals surface area contributed by atoms with Gasteiger partial charge in [-0.25, -0.2) is 0 Å². The van der Waals surface area contributed by atoms with Crippen molar-refractivity contribution in [2.24, 2.45) is 10.3 Å². The molecule has 5 rings (SSSR count). The summed E-state index contributed by atoms with van der Waals surface area (Å²) in [6, 6.07) is 24.6. The van der Waals surface area contributed by atoms with Crippen molar-refractivity contribution in [3.8, 4) is 5.75 Å². The Labute approximate surface area is 193 Å². The summed E-state index contributed by atoms with van der Waals surface area (Å²) in [6.45, 7) is 1.10. The molecule has 1 fully saturated rings. The van der Waals surface area contributed by atoms with Crippen LogP contribution in [0.2, 0.25) is 0 Å². The number of nitrogens with zero attached hydrogens (tertiary/aromatic N) is 2. The third kappa shape index (κ3) is 4.41. The molecule has 0 N–H and O–H groups in total. The Kier molecular flexibility index (Phi) is 5.72. The van der Waals surface area contributed by atoms with Crippen LogP contribution in [0.25, 0.3) is 0 Å². The lowest BCUT2D eigenvalue weighted by molar-refractivity contribution is -0.140. The summed E-state index contributed by atoms with van der Waals surface area (Å²) in [7, 11) is -3.65. The van der Waals surface area contributed by atoms with Crippen molar-refractivity contribution in [1.82, 2.24) is 4.90 Å². The van der Waals surface area contributed by atoms with Gasteiger partial charge in [0.2, 0.25) is 0 Å². The Hall–Kier alpha value is -3.45. The molecule has 3 aromatic rings. The molecule has 168 valence electrons. The fourth-order valence-electron chi connectivity index (χ4n) is 4.40. The van der Waals surface area contributed by atoms with E-state index in [1.807, 2.05) is 53.4 Å². The molecule has 0 saturated carbocycles. The first-order valence-electron chi connectivity index (χ1n) is 11.0. The predicted octanol–water partition coefficient (Wildman–Crippen LogP) is 4.04. The van der Waals surface area contributed by atoms with Gasteiger partial charge in [-0.15, -0.1) is 4.40 Å². The van der Waals surface area contributed by atoms with Crippen LogP contribution in [-0.4, -0.2) is 38.2 Å². The topological polar surface area (TPSA) is 76.0 Å². The lowest BCUT2D eigenvalue weighted by Gasteiger charge is -2.32. The second-order valence-corrected chi connectivity index (χ2v) is 9.91. The minimum Gasteiger partial charge on any atom is -0.426 e. The second-order valence-electron chi connectivity index (χ2n) is 8.34. The van der Waals surface area contributed by atoms with Crippen molar-refractivity contribution < 1.29 is 17.9 Å². The van der Waals surface area contributed by atoms with Gasteiger partial charge in [0.1, 0.15) is 10.6 Å². The third-order valence-corrected chi connectivity index (χ3v) is 7.49. The van der Waals surface area contributed by atoms with Crippen LogP contribution in [-0.2, 0) is 21.2 Å². The van der Waals surface area contributed by atoms with Gasteiger partial charge in [-0.1, -0.05) is 60.7 Å². The maximum absolute atomic E-state index is 12.9. The second kappa shape index (κ2) is 8.83. The number of ether oxygens (including phenoxy) is 1. The van der Waals surface area contributed by atoms with E-state index < -0.39 is 10.0 Å². The molecule has 2 aliphatic rings. The lowest BCUT2D eigenvalue weighted by atomic mass is 9.96. The van der Waals surface area contributed by atoms with E-state index in [1.54, 1.807) is 18.2 Å². The number of fused-ring (bicyclic) bond motifs is 1. The van der Waals surface area contributed by atoms with Gasteiger partial charge in [0, 0.05) is 25.1 Å². The van der Waals surface area contributed by atoms with Crippen LogP contribution < -0.4 is 4.74 Å². The molecule has 7 heteroatoms. The van der Waals surface area contributed by atoms with Gasteiger partial charge in [-0.05, 0) is 42.2 Å². The molecule has 0 amide bonds. The van der Waals surface area contributed by atoms with E-state index in [0.717, 1.165) is 11.1 Å². The van der Waals surface area contributed by atoms with Gasteiger partial charge in [0.15, 0.2) is 5.84 Å². The lowest BCUT2D eigenvalue weighted by Crippen LogP contribution is -2.41. The average molecular weight is 461 g/mol. The monoisotopic (exact) mass is 460 g/mol. The number of carbonyl (C=O) groups excluding carboxylic acids is 1. The van der Waals surface area contributed by atoms with E-state index >= 15 is 0 Å². The zero-order valence-electron chi connectivity index (χ0n) is 18.1. The van der Waals surface area contributed by atoms with E-state index in [4.69, 9.17) is 4.74 Å². The number of para-hydroxylation sites is 1. The molecule has 0 bridgehead atoms. The molecule has 0 atom stereocenters. The highest BCUT2D eigenvalue weighted by atomic mass is 32.2. The smallest absolute Gasteiger partial charge is 0.314 e. The molecule has 33 heavy (non-hydrogen) atoms. The molecule has 0 spiro atoms. The summed E-state index contributed by atoms with van der Waals surface area (Å²) in [5.74, 6) is 0.594. The molecular formula is C26H24N2O4S. The summed E-state index contributed by atoms with van der Waals surface area (Å²) in [4.78, 5) is 15.1. The minimum atomic E-state index is -3.65. The third-order valence-electron chi connectivity index (χ3n) is 6.16. The van der Waals surface area contributed by atoms with Crippen LogP contribution in [0.15, 0.2) is 88.2 Å². The van der Waals surface area contributed by atoms with Gasteiger partial charge in [0.25, 0.3) is 10.0 Å². The van der Waals surface area contributed by atoms with Crippen molar-refractivity contribution in [2.45, 2.75) is 24.2 Å². The molecular weight excluding hydrogens is 436 g/mol. The Bertz CT molecular complexity index is 1310. The molecule has 0 aromatic heterocycles. The van der Waals surface area contributed by atoms with Crippen molar-refractivity contribution >= 4 is 21.8 Å². The zero-order valence-corrected chi connectivity index (χ0v) is 18.9. The van der Waals surface area contributed by atoms with Gasteiger partial charge >= 0.3 is 5.97 Å². The summed E-state index contributed by atoms with van der Waals surface area (Å²) in [5.41, 5.74) is 2.76. The van der Waals surface area contributed by atoms with E-state index in [1.165, 1.54) is 0 Å². The van der Waals surface area contributed by atoms with Crippen LogP contribution in [0.5, 0.6) is 5.75 Å². The highest BCUT2D eigenvalue weighted by molar-refractivity contribution is 7.90. The minimum absolute atomic E-state index is 0.236. The molecule has 0 radical (unpaired) electrons. The number of piperidine rings is 1. The highest BCUT2D eigenvalue weighted by Gasteiger charge is 2.35. The number of sulfonamides is 1. The number of benzene rings is 3.